The van der Waals surface area contributed by atoms with E-state index in [2.05, 4.69) is 17.2 Å². The third-order valence-electron chi connectivity index (χ3n) is 4.06. The maximum Gasteiger partial charge on any atom is 0.337 e. The summed E-state index contributed by atoms with van der Waals surface area (Å²) in [5.41, 5.74) is 2.06. The van der Waals surface area contributed by atoms with Crippen LogP contribution in [0.25, 0.3) is 0 Å². The van der Waals surface area contributed by atoms with Gasteiger partial charge >= 0.3 is 5.97 Å². The number of carboxylic acids is 1. The Balaban J connectivity index is 1.83. The molecule has 0 aliphatic heterocycles. The fraction of sp³-hybridized carbons (Fsp3) is 0.643. The molecule has 1 aromatic rings. The van der Waals surface area contributed by atoms with Crippen LogP contribution in [0, 0.1) is 18.8 Å². The highest BCUT2D eigenvalue weighted by atomic mass is 16.4. The van der Waals surface area contributed by atoms with E-state index in [1.165, 1.54) is 19.3 Å². The largest absolute Gasteiger partial charge is 0.478 e. The van der Waals surface area contributed by atoms with Gasteiger partial charge in [-0.3, -0.25) is 0 Å². The molecule has 1 saturated carbocycles. The summed E-state index contributed by atoms with van der Waals surface area (Å²) < 4.78 is 0. The van der Waals surface area contributed by atoms with Gasteiger partial charge in [0.15, 0.2) is 0 Å². The summed E-state index contributed by atoms with van der Waals surface area (Å²) in [6.45, 7) is 5.87. The van der Waals surface area contributed by atoms with Crippen molar-refractivity contribution in [2.75, 3.05) is 6.54 Å². The molecule has 1 aliphatic rings. The highest BCUT2D eigenvalue weighted by Crippen LogP contribution is 2.30. The highest BCUT2D eigenvalue weighted by molar-refractivity contribution is 5.89. The zero-order valence-corrected chi connectivity index (χ0v) is 11.1. The lowest BCUT2D eigenvalue weighted by Crippen LogP contribution is -2.24. The summed E-state index contributed by atoms with van der Waals surface area (Å²) >= 11 is 0. The summed E-state index contributed by atoms with van der Waals surface area (Å²) in [5, 5.41) is 12.4. The molecule has 1 fully saturated rings. The molecule has 0 saturated heterocycles. The van der Waals surface area contributed by atoms with Gasteiger partial charge in [-0.1, -0.05) is 19.8 Å². The Labute approximate surface area is 108 Å². The van der Waals surface area contributed by atoms with E-state index in [9.17, 15) is 4.79 Å². The molecular formula is C14H22N2O2. The molecule has 0 aromatic carbocycles. The third kappa shape index (κ3) is 2.93. The molecule has 0 bridgehead atoms. The van der Waals surface area contributed by atoms with Crippen LogP contribution in [0.2, 0.25) is 0 Å². The number of carboxylic acid groups (broad SMARTS) is 1. The van der Waals surface area contributed by atoms with Crippen molar-refractivity contribution in [2.24, 2.45) is 11.8 Å². The number of aryl methyl sites for hydroxylation is 1. The highest BCUT2D eigenvalue weighted by Gasteiger charge is 2.22. The average molecular weight is 250 g/mol. The minimum Gasteiger partial charge on any atom is -0.478 e. The molecule has 2 unspecified atom stereocenters. The SMILES string of the molecule is Cc1[nH]c(CNCC2CCCC2C)cc1C(=O)O. The Bertz CT molecular complexity index is 425. The fourth-order valence-corrected chi connectivity index (χ4v) is 2.86. The maximum absolute atomic E-state index is 10.9. The van der Waals surface area contributed by atoms with Crippen molar-refractivity contribution in [2.45, 2.75) is 39.7 Å². The van der Waals surface area contributed by atoms with Crippen LogP contribution >= 0.6 is 0 Å². The number of aromatic nitrogens is 1. The molecule has 1 heterocycles. The first kappa shape index (κ1) is 13.1. The lowest BCUT2D eigenvalue weighted by Gasteiger charge is -2.15. The fourth-order valence-electron chi connectivity index (χ4n) is 2.86. The number of aromatic amines is 1. The van der Waals surface area contributed by atoms with E-state index >= 15 is 0 Å². The zero-order chi connectivity index (χ0) is 13.1. The van der Waals surface area contributed by atoms with E-state index in [-0.39, 0.29) is 0 Å². The molecule has 100 valence electrons. The minimum absolute atomic E-state index is 0.376. The van der Waals surface area contributed by atoms with Crippen LogP contribution in [0.1, 0.15) is 47.9 Å². The molecular weight excluding hydrogens is 228 g/mol. The topological polar surface area (TPSA) is 65.1 Å². The Morgan fingerprint density at radius 1 is 1.56 bits per heavy atom. The van der Waals surface area contributed by atoms with Gasteiger partial charge in [-0.05, 0) is 37.8 Å². The van der Waals surface area contributed by atoms with Crippen molar-refractivity contribution < 1.29 is 9.90 Å². The van der Waals surface area contributed by atoms with Gasteiger partial charge in [0.05, 0.1) is 5.56 Å². The average Bonchev–Trinajstić information content (AvgIpc) is 2.86. The van der Waals surface area contributed by atoms with E-state index in [1.807, 2.05) is 0 Å². The van der Waals surface area contributed by atoms with Gasteiger partial charge in [-0.2, -0.15) is 0 Å². The first-order valence-electron chi connectivity index (χ1n) is 6.70. The number of H-pyrrole nitrogens is 1. The van der Waals surface area contributed by atoms with Gasteiger partial charge in [0, 0.05) is 17.9 Å². The van der Waals surface area contributed by atoms with Crippen molar-refractivity contribution in [3.05, 3.63) is 23.0 Å². The van der Waals surface area contributed by atoms with E-state index in [0.717, 1.165) is 36.3 Å². The van der Waals surface area contributed by atoms with Crippen LogP contribution in [0.4, 0.5) is 0 Å². The molecule has 4 nitrogen and oxygen atoms in total. The second-order valence-corrected chi connectivity index (χ2v) is 5.44. The molecule has 1 aliphatic carbocycles. The van der Waals surface area contributed by atoms with Crippen LogP contribution in [-0.4, -0.2) is 22.6 Å². The second-order valence-electron chi connectivity index (χ2n) is 5.44. The van der Waals surface area contributed by atoms with Crippen LogP contribution in [0.5, 0.6) is 0 Å². The summed E-state index contributed by atoms with van der Waals surface area (Å²) in [6.07, 6.45) is 4.01. The number of rotatable bonds is 5. The molecule has 18 heavy (non-hydrogen) atoms. The Morgan fingerprint density at radius 3 is 2.89 bits per heavy atom. The molecule has 0 amide bonds. The lowest BCUT2D eigenvalue weighted by molar-refractivity contribution is 0.0696. The molecule has 2 rings (SSSR count). The van der Waals surface area contributed by atoms with E-state index < -0.39 is 5.97 Å². The Kier molecular flexibility index (Phi) is 4.07. The van der Waals surface area contributed by atoms with Crippen molar-refractivity contribution in [1.82, 2.24) is 10.3 Å². The summed E-state index contributed by atoms with van der Waals surface area (Å²) in [6, 6.07) is 1.72. The van der Waals surface area contributed by atoms with Gasteiger partial charge in [-0.15, -0.1) is 0 Å². The number of nitrogens with one attached hydrogen (secondary N) is 2. The van der Waals surface area contributed by atoms with E-state index in [4.69, 9.17) is 5.11 Å². The maximum atomic E-state index is 10.9. The van der Waals surface area contributed by atoms with Crippen LogP contribution in [-0.2, 0) is 6.54 Å². The van der Waals surface area contributed by atoms with Gasteiger partial charge < -0.3 is 15.4 Å². The van der Waals surface area contributed by atoms with Crippen molar-refractivity contribution >= 4 is 5.97 Å². The van der Waals surface area contributed by atoms with Crippen LogP contribution < -0.4 is 5.32 Å². The van der Waals surface area contributed by atoms with E-state index in [0.29, 0.717) is 5.56 Å². The molecule has 2 atom stereocenters. The van der Waals surface area contributed by atoms with Crippen LogP contribution in [0.3, 0.4) is 0 Å². The first-order chi connectivity index (χ1) is 8.58. The molecule has 0 spiro atoms. The summed E-state index contributed by atoms with van der Waals surface area (Å²) in [5.74, 6) is 0.733. The quantitative estimate of drug-likeness (QED) is 0.752. The van der Waals surface area contributed by atoms with Gasteiger partial charge in [0.1, 0.15) is 0 Å². The molecule has 1 aromatic heterocycles. The molecule has 0 radical (unpaired) electrons. The standard InChI is InChI=1S/C14H22N2O2/c1-9-4-3-5-11(9)7-15-8-12-6-13(14(17)18)10(2)16-12/h6,9,11,15-16H,3-5,7-8H2,1-2H3,(H,17,18). The molecule has 4 heteroatoms. The smallest absolute Gasteiger partial charge is 0.337 e. The monoisotopic (exact) mass is 250 g/mol. The number of aromatic carboxylic acids is 1. The number of carbonyl (C=O) groups is 1. The van der Waals surface area contributed by atoms with E-state index in [1.54, 1.807) is 13.0 Å². The predicted octanol–water partition coefficient (Wildman–Crippen LogP) is 2.55. The second kappa shape index (κ2) is 5.57. The summed E-state index contributed by atoms with van der Waals surface area (Å²) in [7, 11) is 0. The minimum atomic E-state index is -0.862. The molecule has 3 N–H and O–H groups in total. The van der Waals surface area contributed by atoms with Crippen molar-refractivity contribution in [3.63, 3.8) is 0 Å². The van der Waals surface area contributed by atoms with Gasteiger partial charge in [0.25, 0.3) is 0 Å². The van der Waals surface area contributed by atoms with Gasteiger partial charge in [-0.25, -0.2) is 4.79 Å². The first-order valence-corrected chi connectivity index (χ1v) is 6.70. The lowest BCUT2D eigenvalue weighted by atomic mass is 9.98. The normalized spacial score (nSPS) is 23.4. The predicted molar refractivity (Wildman–Crippen MR) is 70.7 cm³/mol. The Hall–Kier alpha value is -1.29. The van der Waals surface area contributed by atoms with Gasteiger partial charge in [0.2, 0.25) is 0 Å². The third-order valence-corrected chi connectivity index (χ3v) is 4.06. The Morgan fingerprint density at radius 2 is 2.33 bits per heavy atom. The zero-order valence-electron chi connectivity index (χ0n) is 11.1. The summed E-state index contributed by atoms with van der Waals surface area (Å²) in [4.78, 5) is 14.0. The number of hydrogen-bond acceptors (Lipinski definition) is 2. The van der Waals surface area contributed by atoms with Crippen molar-refractivity contribution in [1.29, 1.82) is 0 Å². The number of hydrogen-bond donors (Lipinski definition) is 3. The van der Waals surface area contributed by atoms with Crippen LogP contribution in [0.15, 0.2) is 6.07 Å². The van der Waals surface area contributed by atoms with Crippen molar-refractivity contribution in [3.8, 4) is 0 Å².